The number of thiocarbonyl (C=S) groups is 1. The van der Waals surface area contributed by atoms with Crippen LogP contribution in [0.25, 0.3) is 0 Å². The standard InChI is InChI=1S/C13H15Br2N3O3S/c1-3-16-13(22)18-17-6-8-4-9(14)12(10(15)5-8)21-7-11(19)20-2/h4-6H,3,7H2,1-2H3,(H2,16,18,22)/b17-6-. The molecule has 0 aromatic heterocycles. The molecule has 0 spiro atoms. The molecule has 0 unspecified atom stereocenters. The highest BCUT2D eigenvalue weighted by atomic mass is 79.9. The Morgan fingerprint density at radius 3 is 2.59 bits per heavy atom. The molecule has 0 aliphatic heterocycles. The van der Waals surface area contributed by atoms with E-state index in [2.05, 4.69) is 52.4 Å². The van der Waals surface area contributed by atoms with Gasteiger partial charge in [-0.05, 0) is 68.7 Å². The molecule has 0 aliphatic carbocycles. The summed E-state index contributed by atoms with van der Waals surface area (Å²) in [6, 6.07) is 3.61. The van der Waals surface area contributed by atoms with Crippen molar-refractivity contribution in [2.75, 3.05) is 20.3 Å². The lowest BCUT2D eigenvalue weighted by Crippen LogP contribution is -2.31. The zero-order valence-electron chi connectivity index (χ0n) is 12.0. The van der Waals surface area contributed by atoms with Crippen LogP contribution >= 0.6 is 44.1 Å². The first kappa shape index (κ1) is 18.9. The average Bonchev–Trinajstić information content (AvgIpc) is 2.46. The van der Waals surface area contributed by atoms with Gasteiger partial charge in [0.1, 0.15) is 5.75 Å². The average molecular weight is 453 g/mol. The van der Waals surface area contributed by atoms with Gasteiger partial charge in [0, 0.05) is 6.54 Å². The molecule has 0 amide bonds. The number of nitrogens with one attached hydrogen (secondary N) is 2. The number of rotatable bonds is 6. The number of ether oxygens (including phenoxy) is 2. The van der Waals surface area contributed by atoms with Crippen LogP contribution in [0.5, 0.6) is 5.75 Å². The Hall–Kier alpha value is -1.19. The van der Waals surface area contributed by atoms with Gasteiger partial charge in [-0.15, -0.1) is 0 Å². The van der Waals surface area contributed by atoms with Gasteiger partial charge in [0.25, 0.3) is 0 Å². The SMILES string of the molecule is CCNC(=S)N/N=C\c1cc(Br)c(OCC(=O)OC)c(Br)c1. The lowest BCUT2D eigenvalue weighted by atomic mass is 10.2. The number of esters is 1. The van der Waals surface area contributed by atoms with E-state index in [0.717, 1.165) is 12.1 Å². The lowest BCUT2D eigenvalue weighted by Gasteiger charge is -2.10. The van der Waals surface area contributed by atoms with E-state index >= 15 is 0 Å². The van der Waals surface area contributed by atoms with E-state index < -0.39 is 5.97 Å². The first-order valence-electron chi connectivity index (χ1n) is 6.23. The molecule has 1 rings (SSSR count). The van der Waals surface area contributed by atoms with Crippen LogP contribution in [0, 0.1) is 0 Å². The molecule has 0 bridgehead atoms. The van der Waals surface area contributed by atoms with Gasteiger partial charge in [0.15, 0.2) is 11.7 Å². The van der Waals surface area contributed by atoms with Crippen molar-refractivity contribution in [2.24, 2.45) is 5.10 Å². The Balaban J connectivity index is 2.74. The summed E-state index contributed by atoms with van der Waals surface area (Å²) in [7, 11) is 1.31. The number of hydrogen-bond acceptors (Lipinski definition) is 5. The van der Waals surface area contributed by atoms with Gasteiger partial charge in [-0.25, -0.2) is 4.79 Å². The largest absolute Gasteiger partial charge is 0.480 e. The van der Waals surface area contributed by atoms with Crippen molar-refractivity contribution in [3.8, 4) is 5.75 Å². The Bertz CT molecular complexity index is 559. The number of nitrogens with zero attached hydrogens (tertiary/aromatic N) is 1. The molecule has 0 heterocycles. The third-order valence-corrected chi connectivity index (χ3v) is 3.71. The van der Waals surface area contributed by atoms with Crippen molar-refractivity contribution in [1.82, 2.24) is 10.7 Å². The van der Waals surface area contributed by atoms with E-state index in [9.17, 15) is 4.79 Å². The number of methoxy groups -OCH3 is 1. The lowest BCUT2D eigenvalue weighted by molar-refractivity contribution is -0.142. The Morgan fingerprint density at radius 1 is 1.41 bits per heavy atom. The van der Waals surface area contributed by atoms with Crippen molar-refractivity contribution in [1.29, 1.82) is 0 Å². The molecule has 120 valence electrons. The second-order valence-electron chi connectivity index (χ2n) is 3.91. The van der Waals surface area contributed by atoms with Crippen molar-refractivity contribution in [3.63, 3.8) is 0 Å². The van der Waals surface area contributed by atoms with Crippen LogP contribution in [0.15, 0.2) is 26.2 Å². The number of hydrogen-bond donors (Lipinski definition) is 2. The van der Waals surface area contributed by atoms with E-state index in [0.29, 0.717) is 19.8 Å². The molecule has 2 N–H and O–H groups in total. The van der Waals surface area contributed by atoms with Crippen molar-refractivity contribution >= 4 is 61.4 Å². The molecular formula is C13H15Br2N3O3S. The molecular weight excluding hydrogens is 438 g/mol. The molecule has 0 saturated heterocycles. The smallest absolute Gasteiger partial charge is 0.343 e. The van der Waals surface area contributed by atoms with Gasteiger partial charge in [-0.3, -0.25) is 5.43 Å². The molecule has 0 atom stereocenters. The van der Waals surface area contributed by atoms with E-state index in [1.54, 1.807) is 18.3 Å². The molecule has 0 saturated carbocycles. The first-order valence-corrected chi connectivity index (χ1v) is 8.23. The predicted molar refractivity (Wildman–Crippen MR) is 96.4 cm³/mol. The van der Waals surface area contributed by atoms with Crippen molar-refractivity contribution in [2.45, 2.75) is 6.92 Å². The zero-order chi connectivity index (χ0) is 16.5. The van der Waals surface area contributed by atoms with Crippen LogP contribution in [0.2, 0.25) is 0 Å². The number of carbonyl (C=O) groups is 1. The normalized spacial score (nSPS) is 10.4. The fraction of sp³-hybridized carbons (Fsp3) is 0.308. The monoisotopic (exact) mass is 451 g/mol. The third-order valence-electron chi connectivity index (χ3n) is 2.30. The van der Waals surface area contributed by atoms with Crippen LogP contribution in [-0.2, 0) is 9.53 Å². The minimum atomic E-state index is -0.453. The minimum Gasteiger partial charge on any atom is -0.480 e. The highest BCUT2D eigenvalue weighted by Crippen LogP contribution is 2.34. The van der Waals surface area contributed by atoms with Crippen molar-refractivity contribution in [3.05, 3.63) is 26.6 Å². The van der Waals surface area contributed by atoms with E-state index in [-0.39, 0.29) is 6.61 Å². The maximum atomic E-state index is 11.1. The van der Waals surface area contributed by atoms with Crippen LogP contribution in [0.4, 0.5) is 0 Å². The maximum absolute atomic E-state index is 11.1. The maximum Gasteiger partial charge on any atom is 0.343 e. The molecule has 9 heteroatoms. The molecule has 0 radical (unpaired) electrons. The van der Waals surface area contributed by atoms with Gasteiger partial charge in [0.2, 0.25) is 0 Å². The highest BCUT2D eigenvalue weighted by Gasteiger charge is 2.10. The van der Waals surface area contributed by atoms with Gasteiger partial charge in [-0.1, -0.05) is 0 Å². The predicted octanol–water partition coefficient (Wildman–Crippen LogP) is 2.58. The van der Waals surface area contributed by atoms with E-state index in [1.807, 2.05) is 6.92 Å². The second-order valence-corrected chi connectivity index (χ2v) is 6.02. The summed E-state index contributed by atoms with van der Waals surface area (Å²) >= 11 is 11.8. The summed E-state index contributed by atoms with van der Waals surface area (Å²) in [4.78, 5) is 11.1. The van der Waals surface area contributed by atoms with Gasteiger partial charge < -0.3 is 14.8 Å². The summed E-state index contributed by atoms with van der Waals surface area (Å²) < 4.78 is 11.3. The number of hydrazone groups is 1. The Morgan fingerprint density at radius 2 is 2.05 bits per heavy atom. The summed E-state index contributed by atoms with van der Waals surface area (Å²) in [5.41, 5.74) is 3.52. The highest BCUT2D eigenvalue weighted by molar-refractivity contribution is 9.11. The topological polar surface area (TPSA) is 72.0 Å². The Kier molecular flexibility index (Phi) is 8.36. The molecule has 1 aromatic carbocycles. The van der Waals surface area contributed by atoms with Crippen LogP contribution in [0.1, 0.15) is 12.5 Å². The number of benzene rings is 1. The van der Waals surface area contributed by atoms with Crippen LogP contribution < -0.4 is 15.5 Å². The van der Waals surface area contributed by atoms with Crippen LogP contribution in [0.3, 0.4) is 0 Å². The summed E-state index contributed by atoms with van der Waals surface area (Å²) in [5.74, 6) is 0.0595. The van der Waals surface area contributed by atoms with E-state index in [4.69, 9.17) is 17.0 Å². The molecule has 1 aromatic rings. The summed E-state index contributed by atoms with van der Waals surface area (Å²) in [5, 5.41) is 7.40. The summed E-state index contributed by atoms with van der Waals surface area (Å²) in [6.07, 6.45) is 1.61. The van der Waals surface area contributed by atoms with Crippen molar-refractivity contribution < 1.29 is 14.3 Å². The van der Waals surface area contributed by atoms with Gasteiger partial charge >= 0.3 is 5.97 Å². The second kappa shape index (κ2) is 9.75. The molecule has 6 nitrogen and oxygen atoms in total. The molecule has 0 aliphatic rings. The zero-order valence-corrected chi connectivity index (χ0v) is 16.0. The first-order chi connectivity index (χ1) is 10.5. The van der Waals surface area contributed by atoms with Gasteiger partial charge in [0.05, 0.1) is 22.3 Å². The molecule has 0 fully saturated rings. The minimum absolute atomic E-state index is 0.167. The van der Waals surface area contributed by atoms with Gasteiger partial charge in [-0.2, -0.15) is 5.10 Å². The Labute approximate surface area is 150 Å². The molecule has 22 heavy (non-hydrogen) atoms. The third kappa shape index (κ3) is 6.29. The van der Waals surface area contributed by atoms with E-state index in [1.165, 1.54) is 7.11 Å². The fourth-order valence-electron chi connectivity index (χ4n) is 1.35. The fourth-order valence-corrected chi connectivity index (χ4v) is 3.00. The number of carbonyl (C=O) groups excluding carboxylic acids is 1. The summed E-state index contributed by atoms with van der Waals surface area (Å²) in [6.45, 7) is 2.50. The van der Waals surface area contributed by atoms with Crippen LogP contribution in [-0.4, -0.2) is 37.6 Å². The quantitative estimate of drug-likeness (QED) is 0.299. The number of halogens is 2.